The molecule has 0 spiro atoms. The molecule has 0 bridgehead atoms. The van der Waals surface area contributed by atoms with Crippen LogP contribution in [0.15, 0.2) is 24.3 Å². The summed E-state index contributed by atoms with van der Waals surface area (Å²) in [5, 5.41) is 0. The van der Waals surface area contributed by atoms with E-state index in [0.717, 1.165) is 18.5 Å². The van der Waals surface area contributed by atoms with E-state index < -0.39 is 15.6 Å². The Labute approximate surface area is 169 Å². The van der Waals surface area contributed by atoms with Crippen molar-refractivity contribution in [2.75, 3.05) is 48.2 Å². The predicted molar refractivity (Wildman–Crippen MR) is 114 cm³/mol. The first-order valence-electron chi connectivity index (χ1n) is 9.82. The van der Waals surface area contributed by atoms with Crippen LogP contribution in [0.1, 0.15) is 40.5 Å². The SMILES string of the molecule is CCCCN(c1ccccc1N1CCN(C(=O)OC(C)(C)C)CC1)S(C)(=O)=O. The highest BCUT2D eigenvalue weighted by atomic mass is 32.2. The second kappa shape index (κ2) is 9.03. The normalized spacial score (nSPS) is 15.5. The average Bonchev–Trinajstić information content (AvgIpc) is 2.60. The van der Waals surface area contributed by atoms with Gasteiger partial charge in [-0.25, -0.2) is 13.2 Å². The third-order valence-corrected chi connectivity index (χ3v) is 5.72. The van der Waals surface area contributed by atoms with Gasteiger partial charge in [-0.3, -0.25) is 4.31 Å². The molecule has 1 aromatic rings. The molecule has 158 valence electrons. The number of carbonyl (C=O) groups is 1. The number of sulfonamides is 1. The lowest BCUT2D eigenvalue weighted by molar-refractivity contribution is 0.0240. The molecule has 7 nitrogen and oxygen atoms in total. The molecule has 1 heterocycles. The van der Waals surface area contributed by atoms with Crippen LogP contribution in [0.25, 0.3) is 0 Å². The third kappa shape index (κ3) is 6.02. The number of piperazine rings is 1. The molecule has 0 unspecified atom stereocenters. The molecule has 1 saturated heterocycles. The molecule has 0 aromatic heterocycles. The lowest BCUT2D eigenvalue weighted by Gasteiger charge is -2.38. The van der Waals surface area contributed by atoms with Crippen molar-refractivity contribution in [2.45, 2.75) is 46.1 Å². The van der Waals surface area contributed by atoms with E-state index in [9.17, 15) is 13.2 Å². The Hall–Kier alpha value is -1.96. The lowest BCUT2D eigenvalue weighted by atomic mass is 10.2. The van der Waals surface area contributed by atoms with Crippen LogP contribution in [0.3, 0.4) is 0 Å². The monoisotopic (exact) mass is 411 g/mol. The molecule has 1 aliphatic rings. The Balaban J connectivity index is 2.16. The van der Waals surface area contributed by atoms with Gasteiger partial charge < -0.3 is 14.5 Å². The smallest absolute Gasteiger partial charge is 0.410 e. The topological polar surface area (TPSA) is 70.2 Å². The van der Waals surface area contributed by atoms with Gasteiger partial charge in [-0.2, -0.15) is 0 Å². The Morgan fingerprint density at radius 1 is 1.14 bits per heavy atom. The van der Waals surface area contributed by atoms with Crippen LogP contribution in [-0.2, 0) is 14.8 Å². The number of para-hydroxylation sites is 2. The van der Waals surface area contributed by atoms with Crippen LogP contribution in [0.4, 0.5) is 16.2 Å². The van der Waals surface area contributed by atoms with E-state index in [1.54, 1.807) is 4.90 Å². The van der Waals surface area contributed by atoms with Gasteiger partial charge in [-0.1, -0.05) is 25.5 Å². The predicted octanol–water partition coefficient (Wildman–Crippen LogP) is 3.31. The molecule has 0 aliphatic carbocycles. The van der Waals surface area contributed by atoms with E-state index in [0.29, 0.717) is 38.4 Å². The van der Waals surface area contributed by atoms with Crippen molar-refractivity contribution in [1.29, 1.82) is 0 Å². The van der Waals surface area contributed by atoms with Crippen LogP contribution < -0.4 is 9.21 Å². The van der Waals surface area contributed by atoms with Gasteiger partial charge in [0.05, 0.1) is 17.6 Å². The second-order valence-corrected chi connectivity index (χ2v) is 10.0. The van der Waals surface area contributed by atoms with Crippen molar-refractivity contribution in [3.63, 3.8) is 0 Å². The average molecular weight is 412 g/mol. The maximum absolute atomic E-state index is 12.4. The number of ether oxygens (including phenoxy) is 1. The number of anilines is 2. The highest BCUT2D eigenvalue weighted by Gasteiger charge is 2.28. The summed E-state index contributed by atoms with van der Waals surface area (Å²) in [6, 6.07) is 7.58. The Kier molecular flexibility index (Phi) is 7.20. The van der Waals surface area contributed by atoms with Crippen molar-refractivity contribution in [1.82, 2.24) is 4.90 Å². The fourth-order valence-electron chi connectivity index (χ4n) is 3.17. The largest absolute Gasteiger partial charge is 0.444 e. The Morgan fingerprint density at radius 2 is 1.75 bits per heavy atom. The molecule has 28 heavy (non-hydrogen) atoms. The molecule has 1 aromatic carbocycles. The van der Waals surface area contributed by atoms with Gasteiger partial charge in [-0.05, 0) is 39.3 Å². The number of nitrogens with zero attached hydrogens (tertiary/aromatic N) is 3. The maximum Gasteiger partial charge on any atom is 0.410 e. The number of rotatable bonds is 6. The minimum absolute atomic E-state index is 0.304. The molecule has 1 amide bonds. The Bertz CT molecular complexity index is 766. The van der Waals surface area contributed by atoms with Crippen LogP contribution in [0.2, 0.25) is 0 Å². The number of carbonyl (C=O) groups excluding carboxylic acids is 1. The molecule has 0 radical (unpaired) electrons. The zero-order valence-electron chi connectivity index (χ0n) is 17.6. The zero-order chi connectivity index (χ0) is 20.9. The molecule has 0 atom stereocenters. The Morgan fingerprint density at radius 3 is 2.29 bits per heavy atom. The van der Waals surface area contributed by atoms with E-state index in [2.05, 4.69) is 4.90 Å². The summed E-state index contributed by atoms with van der Waals surface area (Å²) < 4.78 is 31.7. The first-order chi connectivity index (χ1) is 13.0. The zero-order valence-corrected chi connectivity index (χ0v) is 18.5. The van der Waals surface area contributed by atoms with Crippen LogP contribution in [0, 0.1) is 0 Å². The van der Waals surface area contributed by atoms with Gasteiger partial charge in [0.2, 0.25) is 10.0 Å². The van der Waals surface area contributed by atoms with Gasteiger partial charge in [0.1, 0.15) is 5.60 Å². The lowest BCUT2D eigenvalue weighted by Crippen LogP contribution is -2.50. The summed E-state index contributed by atoms with van der Waals surface area (Å²) in [5.41, 5.74) is 1.06. The highest BCUT2D eigenvalue weighted by Crippen LogP contribution is 2.32. The van der Waals surface area contributed by atoms with E-state index in [4.69, 9.17) is 4.74 Å². The van der Waals surface area contributed by atoms with Gasteiger partial charge in [-0.15, -0.1) is 0 Å². The molecule has 0 saturated carbocycles. The first kappa shape index (κ1) is 22.3. The number of benzene rings is 1. The van der Waals surface area contributed by atoms with E-state index in [1.807, 2.05) is 52.0 Å². The van der Waals surface area contributed by atoms with Gasteiger partial charge in [0.15, 0.2) is 0 Å². The fraction of sp³-hybridized carbons (Fsp3) is 0.650. The molecular formula is C20H33N3O4S. The standard InChI is InChI=1S/C20H33N3O4S/c1-6-7-12-23(28(5,25)26)18-11-9-8-10-17(18)21-13-15-22(16-14-21)19(24)27-20(2,3)4/h8-11H,6-7,12-16H2,1-5H3. The van der Waals surface area contributed by atoms with E-state index in [1.165, 1.54) is 10.6 Å². The second-order valence-electron chi connectivity index (χ2n) is 8.13. The number of hydrogen-bond acceptors (Lipinski definition) is 5. The molecule has 0 N–H and O–H groups in total. The van der Waals surface area contributed by atoms with Crippen molar-refractivity contribution in [2.24, 2.45) is 0 Å². The third-order valence-electron chi connectivity index (χ3n) is 4.54. The molecule has 1 fully saturated rings. The van der Waals surface area contributed by atoms with Crippen molar-refractivity contribution < 1.29 is 17.9 Å². The summed E-state index contributed by atoms with van der Waals surface area (Å²) >= 11 is 0. The molecule has 8 heteroatoms. The quantitative estimate of drug-likeness (QED) is 0.718. The van der Waals surface area contributed by atoms with E-state index in [-0.39, 0.29) is 6.09 Å². The number of amides is 1. The van der Waals surface area contributed by atoms with Crippen molar-refractivity contribution in [3.8, 4) is 0 Å². The first-order valence-corrected chi connectivity index (χ1v) is 11.7. The summed E-state index contributed by atoms with van der Waals surface area (Å²) in [4.78, 5) is 16.1. The highest BCUT2D eigenvalue weighted by molar-refractivity contribution is 7.92. The van der Waals surface area contributed by atoms with Crippen molar-refractivity contribution >= 4 is 27.5 Å². The molecule has 1 aliphatic heterocycles. The summed E-state index contributed by atoms with van der Waals surface area (Å²) in [6.45, 7) is 10.4. The fourth-order valence-corrected chi connectivity index (χ4v) is 4.14. The van der Waals surface area contributed by atoms with Gasteiger partial charge in [0, 0.05) is 32.7 Å². The minimum atomic E-state index is -3.37. The number of hydrogen-bond donors (Lipinski definition) is 0. The van der Waals surface area contributed by atoms with E-state index >= 15 is 0 Å². The van der Waals surface area contributed by atoms with Crippen LogP contribution in [0.5, 0.6) is 0 Å². The minimum Gasteiger partial charge on any atom is -0.444 e. The number of unbranched alkanes of at least 4 members (excludes halogenated alkanes) is 1. The molecule has 2 rings (SSSR count). The summed E-state index contributed by atoms with van der Waals surface area (Å²) in [5.74, 6) is 0. The summed E-state index contributed by atoms with van der Waals surface area (Å²) in [7, 11) is -3.37. The molecular weight excluding hydrogens is 378 g/mol. The van der Waals surface area contributed by atoms with Gasteiger partial charge >= 0.3 is 6.09 Å². The van der Waals surface area contributed by atoms with Gasteiger partial charge in [0.25, 0.3) is 0 Å². The maximum atomic E-state index is 12.4. The summed E-state index contributed by atoms with van der Waals surface area (Å²) in [6.07, 6.45) is 2.66. The van der Waals surface area contributed by atoms with Crippen molar-refractivity contribution in [3.05, 3.63) is 24.3 Å². The van der Waals surface area contributed by atoms with Crippen LogP contribution in [-0.4, -0.2) is 64.0 Å². The van der Waals surface area contributed by atoms with Crippen LogP contribution >= 0.6 is 0 Å².